The Hall–Kier alpha value is -1.36. The maximum absolute atomic E-state index is 6.35. The quantitative estimate of drug-likeness (QED) is 0.273. The van der Waals surface area contributed by atoms with Gasteiger partial charge >= 0.3 is 0 Å². The fourth-order valence-corrected chi connectivity index (χ4v) is 3.01. The summed E-state index contributed by atoms with van der Waals surface area (Å²) in [5.74, 6) is 0.895. The van der Waals surface area contributed by atoms with E-state index in [1.54, 1.807) is 6.08 Å². The predicted molar refractivity (Wildman–Crippen MR) is 104 cm³/mol. The second kappa shape index (κ2) is 12.1. The average molecular weight is 350 g/mol. The summed E-state index contributed by atoms with van der Waals surface area (Å²) in [6.07, 6.45) is 5.52. The van der Waals surface area contributed by atoms with Crippen LogP contribution in [0, 0.1) is 0 Å². The summed E-state index contributed by atoms with van der Waals surface area (Å²) in [4.78, 5) is 6.11. The minimum absolute atomic E-state index is 0.0586. The molecule has 1 aromatic carbocycles. The lowest BCUT2D eigenvalue weighted by Crippen LogP contribution is -2.41. The Kier molecular flexibility index (Phi) is 10.5. The summed E-state index contributed by atoms with van der Waals surface area (Å²) in [5.41, 5.74) is -0.300. The molecule has 2 atom stereocenters. The first kappa shape index (κ1) is 21.7. The van der Waals surface area contributed by atoms with Gasteiger partial charge < -0.3 is 9.47 Å². The SMILES string of the molecule is C=CCOCC(CC(C)(CCC)Oc1ccccc1)ON(C)CCC. The van der Waals surface area contributed by atoms with Gasteiger partial charge in [-0.2, -0.15) is 5.06 Å². The van der Waals surface area contributed by atoms with Gasteiger partial charge in [-0.15, -0.1) is 6.58 Å². The highest BCUT2D eigenvalue weighted by Gasteiger charge is 2.31. The molecule has 25 heavy (non-hydrogen) atoms. The molecule has 0 amide bonds. The van der Waals surface area contributed by atoms with E-state index >= 15 is 0 Å². The zero-order valence-corrected chi connectivity index (χ0v) is 16.4. The number of rotatable bonds is 14. The number of benzene rings is 1. The Morgan fingerprint density at radius 2 is 1.92 bits per heavy atom. The molecule has 0 fully saturated rings. The minimum Gasteiger partial charge on any atom is -0.487 e. The van der Waals surface area contributed by atoms with Crippen molar-refractivity contribution in [2.24, 2.45) is 0 Å². The summed E-state index contributed by atoms with van der Waals surface area (Å²) in [5, 5.41) is 1.90. The largest absolute Gasteiger partial charge is 0.487 e. The summed E-state index contributed by atoms with van der Waals surface area (Å²) in [6, 6.07) is 10.00. The minimum atomic E-state index is -0.300. The van der Waals surface area contributed by atoms with Gasteiger partial charge in [0.25, 0.3) is 0 Å². The topological polar surface area (TPSA) is 30.9 Å². The fraction of sp³-hybridized carbons (Fsp3) is 0.619. The monoisotopic (exact) mass is 349 g/mol. The zero-order chi connectivity index (χ0) is 18.5. The van der Waals surface area contributed by atoms with Crippen LogP contribution < -0.4 is 4.74 Å². The predicted octanol–water partition coefficient (Wildman–Crippen LogP) is 4.86. The Bertz CT molecular complexity index is 465. The van der Waals surface area contributed by atoms with Crippen molar-refractivity contribution in [2.75, 3.05) is 26.8 Å². The third-order valence-electron chi connectivity index (χ3n) is 3.95. The second-order valence-corrected chi connectivity index (χ2v) is 6.72. The van der Waals surface area contributed by atoms with E-state index < -0.39 is 0 Å². The molecule has 0 saturated carbocycles. The first-order valence-corrected chi connectivity index (χ1v) is 9.33. The van der Waals surface area contributed by atoms with Crippen LogP contribution >= 0.6 is 0 Å². The second-order valence-electron chi connectivity index (χ2n) is 6.72. The van der Waals surface area contributed by atoms with Crippen LogP contribution in [-0.2, 0) is 9.57 Å². The molecule has 0 aromatic heterocycles. The summed E-state index contributed by atoms with van der Waals surface area (Å²) in [6.45, 7) is 12.1. The molecule has 0 N–H and O–H groups in total. The highest BCUT2D eigenvalue weighted by atomic mass is 16.7. The van der Waals surface area contributed by atoms with E-state index in [-0.39, 0.29) is 11.7 Å². The van der Waals surface area contributed by atoms with E-state index in [1.165, 1.54) is 0 Å². The molecule has 0 radical (unpaired) electrons. The highest BCUT2D eigenvalue weighted by molar-refractivity contribution is 5.22. The van der Waals surface area contributed by atoms with Gasteiger partial charge in [0.2, 0.25) is 0 Å². The van der Waals surface area contributed by atoms with Crippen LogP contribution in [0.4, 0.5) is 0 Å². The summed E-state index contributed by atoms with van der Waals surface area (Å²) >= 11 is 0. The smallest absolute Gasteiger partial charge is 0.120 e. The van der Waals surface area contributed by atoms with Gasteiger partial charge in [-0.25, -0.2) is 0 Å². The van der Waals surface area contributed by atoms with Crippen LogP contribution in [-0.4, -0.2) is 43.6 Å². The molecule has 0 saturated heterocycles. The Balaban J connectivity index is 2.79. The molecule has 2 unspecified atom stereocenters. The fourth-order valence-electron chi connectivity index (χ4n) is 3.01. The lowest BCUT2D eigenvalue weighted by atomic mass is 9.93. The van der Waals surface area contributed by atoms with Crippen molar-refractivity contribution in [3.8, 4) is 5.75 Å². The normalized spacial score (nSPS) is 14.9. The van der Waals surface area contributed by atoms with Crippen LogP contribution in [0.1, 0.15) is 46.5 Å². The Labute approximate surface area is 153 Å². The number of hydrogen-bond acceptors (Lipinski definition) is 4. The lowest BCUT2D eigenvalue weighted by molar-refractivity contribution is -0.207. The van der Waals surface area contributed by atoms with Crippen molar-refractivity contribution >= 4 is 0 Å². The molecule has 0 aliphatic heterocycles. The number of hydroxylamine groups is 2. The van der Waals surface area contributed by atoms with Crippen molar-refractivity contribution in [1.29, 1.82) is 0 Å². The third-order valence-corrected chi connectivity index (χ3v) is 3.95. The molecule has 142 valence electrons. The molecule has 0 aliphatic rings. The van der Waals surface area contributed by atoms with Crippen LogP contribution in [0.3, 0.4) is 0 Å². The van der Waals surface area contributed by atoms with Gasteiger partial charge in [-0.05, 0) is 31.9 Å². The highest BCUT2D eigenvalue weighted by Crippen LogP contribution is 2.28. The van der Waals surface area contributed by atoms with E-state index in [0.29, 0.717) is 13.2 Å². The molecule has 4 nitrogen and oxygen atoms in total. The van der Waals surface area contributed by atoms with Crippen molar-refractivity contribution in [1.82, 2.24) is 5.06 Å². The van der Waals surface area contributed by atoms with Gasteiger partial charge in [-0.3, -0.25) is 4.84 Å². The van der Waals surface area contributed by atoms with Crippen LogP contribution in [0.5, 0.6) is 5.75 Å². The van der Waals surface area contributed by atoms with E-state index in [9.17, 15) is 0 Å². The standard InChI is InChI=1S/C21H35NO3/c1-6-14-21(4,24-19-12-10-9-11-13-19)17-20(18-23-16-8-3)25-22(5)15-7-2/h8-13,20H,3,6-7,14-18H2,1-2,4-5H3. The van der Waals surface area contributed by atoms with Gasteiger partial charge in [0.1, 0.15) is 17.5 Å². The van der Waals surface area contributed by atoms with Crippen LogP contribution in [0.2, 0.25) is 0 Å². The molecule has 0 heterocycles. The molecule has 0 spiro atoms. The summed E-state index contributed by atoms with van der Waals surface area (Å²) in [7, 11) is 1.97. The van der Waals surface area contributed by atoms with Crippen molar-refractivity contribution < 1.29 is 14.3 Å². The molecule has 0 bridgehead atoms. The molecular formula is C21H35NO3. The molecule has 1 rings (SSSR count). The zero-order valence-electron chi connectivity index (χ0n) is 16.4. The summed E-state index contributed by atoms with van der Waals surface area (Å²) < 4.78 is 12.0. The Morgan fingerprint density at radius 3 is 2.52 bits per heavy atom. The van der Waals surface area contributed by atoms with Gasteiger partial charge in [0, 0.05) is 20.0 Å². The molecule has 4 heteroatoms. The number of nitrogens with zero attached hydrogens (tertiary/aromatic N) is 1. The first-order chi connectivity index (χ1) is 12.0. The lowest BCUT2D eigenvalue weighted by Gasteiger charge is -2.35. The first-order valence-electron chi connectivity index (χ1n) is 9.33. The van der Waals surface area contributed by atoms with E-state index in [4.69, 9.17) is 14.3 Å². The van der Waals surface area contributed by atoms with Crippen molar-refractivity contribution in [3.63, 3.8) is 0 Å². The van der Waals surface area contributed by atoms with Crippen LogP contribution in [0.25, 0.3) is 0 Å². The maximum Gasteiger partial charge on any atom is 0.120 e. The molecule has 1 aromatic rings. The number of para-hydroxylation sites is 1. The van der Waals surface area contributed by atoms with Gasteiger partial charge in [0.15, 0.2) is 0 Å². The van der Waals surface area contributed by atoms with Crippen molar-refractivity contribution in [3.05, 3.63) is 43.0 Å². The van der Waals surface area contributed by atoms with Gasteiger partial charge in [0.05, 0.1) is 13.2 Å². The Morgan fingerprint density at radius 1 is 1.20 bits per heavy atom. The maximum atomic E-state index is 6.35. The number of hydrogen-bond donors (Lipinski definition) is 0. The third kappa shape index (κ3) is 9.05. The van der Waals surface area contributed by atoms with Crippen molar-refractivity contribution in [2.45, 2.75) is 58.2 Å². The van der Waals surface area contributed by atoms with E-state index in [2.05, 4.69) is 27.4 Å². The number of ether oxygens (including phenoxy) is 2. The van der Waals surface area contributed by atoms with Gasteiger partial charge in [-0.1, -0.05) is 44.5 Å². The molecule has 0 aliphatic carbocycles. The van der Waals surface area contributed by atoms with E-state index in [1.807, 2.05) is 42.4 Å². The molecular weight excluding hydrogens is 314 g/mol. The van der Waals surface area contributed by atoms with E-state index in [0.717, 1.165) is 38.0 Å². The average Bonchev–Trinajstić information content (AvgIpc) is 2.56. The van der Waals surface area contributed by atoms with Crippen LogP contribution in [0.15, 0.2) is 43.0 Å².